The van der Waals surface area contributed by atoms with E-state index in [2.05, 4.69) is 11.6 Å². The lowest BCUT2D eigenvalue weighted by atomic mass is 10.1. The van der Waals surface area contributed by atoms with Crippen LogP contribution in [-0.2, 0) is 6.54 Å². The summed E-state index contributed by atoms with van der Waals surface area (Å²) in [6.07, 6.45) is 3.58. The van der Waals surface area contributed by atoms with Crippen LogP contribution in [0.2, 0.25) is 0 Å². The van der Waals surface area contributed by atoms with Crippen molar-refractivity contribution in [2.45, 2.75) is 19.4 Å². The van der Waals surface area contributed by atoms with Crippen molar-refractivity contribution in [2.24, 2.45) is 0 Å². The fraction of sp³-hybridized carbons (Fsp3) is 0.200. The Morgan fingerprint density at radius 2 is 1.97 bits per heavy atom. The number of imidazole rings is 1. The van der Waals surface area contributed by atoms with Crippen LogP contribution in [0.1, 0.15) is 18.4 Å². The number of halogens is 2. The van der Waals surface area contributed by atoms with Crippen molar-refractivity contribution < 1.29 is 8.78 Å². The average Bonchev–Trinajstić information content (AvgIpc) is 3.39. The number of rotatable bonds is 5. The zero-order valence-electron chi connectivity index (χ0n) is 17.8. The topological polar surface area (TPSA) is 36.7 Å². The van der Waals surface area contributed by atoms with E-state index in [0.717, 1.165) is 30.6 Å². The zero-order chi connectivity index (χ0) is 22.2. The normalized spacial score (nSPS) is 13.8. The molecule has 4 aromatic rings. The Labute approximate surface area is 185 Å². The van der Waals surface area contributed by atoms with Crippen LogP contribution < -0.4 is 9.80 Å². The number of aromatic nitrogens is 3. The van der Waals surface area contributed by atoms with Gasteiger partial charge < -0.3 is 9.80 Å². The van der Waals surface area contributed by atoms with Crippen molar-refractivity contribution in [3.8, 4) is 11.3 Å². The molecule has 0 unspecified atom stereocenters. The number of fused-ring (bicyclic) bond motifs is 1. The Morgan fingerprint density at radius 3 is 2.72 bits per heavy atom. The van der Waals surface area contributed by atoms with Gasteiger partial charge in [-0.3, -0.25) is 0 Å². The number of hydrogen-bond acceptors (Lipinski definition) is 4. The van der Waals surface area contributed by atoms with Gasteiger partial charge in [-0.2, -0.15) is 0 Å². The lowest BCUT2D eigenvalue weighted by Crippen LogP contribution is -2.19. The minimum Gasteiger partial charge on any atom is -0.354 e. The van der Waals surface area contributed by atoms with E-state index in [9.17, 15) is 8.78 Å². The van der Waals surface area contributed by atoms with Crippen LogP contribution in [0.4, 0.5) is 20.3 Å². The standard InChI is InChI=1S/C25H23F2N5/c1-17-5-4-12-31(17)22-9-8-19(14-21(22)27)23-15-28-24-10-11-25(29-32(23)24)30(2)16-18-6-3-7-20(26)13-18/h3,6-11,13-15H,1,4-5,12,16H2,2H3. The van der Waals surface area contributed by atoms with E-state index in [1.54, 1.807) is 22.8 Å². The van der Waals surface area contributed by atoms with Gasteiger partial charge in [-0.15, -0.1) is 5.10 Å². The van der Waals surface area contributed by atoms with Crippen LogP contribution in [0.15, 0.2) is 73.1 Å². The molecule has 1 fully saturated rings. The molecule has 162 valence electrons. The fourth-order valence-electron chi connectivity index (χ4n) is 4.16. The summed E-state index contributed by atoms with van der Waals surface area (Å²) < 4.78 is 30.2. The van der Waals surface area contributed by atoms with Crippen LogP contribution in [-0.4, -0.2) is 28.2 Å². The largest absolute Gasteiger partial charge is 0.354 e. The molecule has 1 aliphatic rings. The molecule has 2 aromatic heterocycles. The Hall–Kier alpha value is -3.74. The van der Waals surface area contributed by atoms with Gasteiger partial charge in [0.05, 0.1) is 17.6 Å². The van der Waals surface area contributed by atoms with Gasteiger partial charge in [-0.25, -0.2) is 18.3 Å². The van der Waals surface area contributed by atoms with Gasteiger partial charge in [0.2, 0.25) is 0 Å². The Balaban J connectivity index is 1.46. The number of nitrogens with zero attached hydrogens (tertiary/aromatic N) is 5. The van der Waals surface area contributed by atoms with Crippen LogP contribution in [0.25, 0.3) is 16.9 Å². The van der Waals surface area contributed by atoms with Gasteiger partial charge in [0.1, 0.15) is 17.5 Å². The number of allylic oxidation sites excluding steroid dienone is 1. The molecule has 0 spiro atoms. The Bertz CT molecular complexity index is 1310. The van der Waals surface area contributed by atoms with E-state index in [0.29, 0.717) is 35.0 Å². The fourth-order valence-corrected chi connectivity index (χ4v) is 4.16. The third kappa shape index (κ3) is 3.70. The molecule has 1 aliphatic heterocycles. The maximum absolute atomic E-state index is 15.0. The molecule has 2 aromatic carbocycles. The molecule has 7 heteroatoms. The second kappa shape index (κ2) is 8.07. The molecule has 32 heavy (non-hydrogen) atoms. The second-order valence-corrected chi connectivity index (χ2v) is 8.08. The second-order valence-electron chi connectivity index (χ2n) is 8.08. The number of anilines is 2. The highest BCUT2D eigenvalue weighted by molar-refractivity contribution is 5.68. The van der Waals surface area contributed by atoms with Crippen molar-refractivity contribution in [3.63, 3.8) is 0 Å². The third-order valence-electron chi connectivity index (χ3n) is 5.81. The molecule has 1 saturated heterocycles. The first-order chi connectivity index (χ1) is 15.5. The summed E-state index contributed by atoms with van der Waals surface area (Å²) in [5, 5.41) is 4.71. The molecule has 5 rings (SSSR count). The number of hydrogen-bond donors (Lipinski definition) is 0. The maximum Gasteiger partial charge on any atom is 0.154 e. The molecular weight excluding hydrogens is 408 g/mol. The van der Waals surface area contributed by atoms with E-state index in [4.69, 9.17) is 5.10 Å². The molecular formula is C25H23F2N5. The molecule has 0 N–H and O–H groups in total. The first-order valence-electron chi connectivity index (χ1n) is 10.6. The van der Waals surface area contributed by atoms with Crippen LogP contribution in [0.5, 0.6) is 0 Å². The first kappa shape index (κ1) is 20.2. The van der Waals surface area contributed by atoms with Crippen molar-refractivity contribution in [2.75, 3.05) is 23.4 Å². The van der Waals surface area contributed by atoms with Gasteiger partial charge in [-0.1, -0.05) is 24.8 Å². The minimum atomic E-state index is -0.292. The van der Waals surface area contributed by atoms with Crippen molar-refractivity contribution in [3.05, 3.63) is 90.3 Å². The molecule has 0 atom stereocenters. The van der Waals surface area contributed by atoms with Crippen LogP contribution in [0, 0.1) is 11.6 Å². The predicted molar refractivity (Wildman–Crippen MR) is 123 cm³/mol. The summed E-state index contributed by atoms with van der Waals surface area (Å²) >= 11 is 0. The predicted octanol–water partition coefficient (Wildman–Crippen LogP) is 5.42. The van der Waals surface area contributed by atoms with E-state index >= 15 is 0 Å². The Kier molecular flexibility index (Phi) is 5.09. The molecule has 3 heterocycles. The highest BCUT2D eigenvalue weighted by Crippen LogP contribution is 2.32. The zero-order valence-corrected chi connectivity index (χ0v) is 17.8. The summed E-state index contributed by atoms with van der Waals surface area (Å²) in [4.78, 5) is 8.29. The van der Waals surface area contributed by atoms with Gasteiger partial charge >= 0.3 is 0 Å². The molecule has 0 saturated carbocycles. The summed E-state index contributed by atoms with van der Waals surface area (Å²) in [7, 11) is 1.90. The summed E-state index contributed by atoms with van der Waals surface area (Å²) in [5.41, 5.74) is 4.40. The van der Waals surface area contributed by atoms with Crippen molar-refractivity contribution in [1.82, 2.24) is 14.6 Å². The molecule has 0 amide bonds. The quantitative estimate of drug-likeness (QED) is 0.423. The SMILES string of the molecule is C=C1CCCN1c1ccc(-c2cnc3ccc(N(C)Cc4cccc(F)c4)nn23)cc1F. The van der Waals surface area contributed by atoms with E-state index in [1.165, 1.54) is 18.2 Å². The van der Waals surface area contributed by atoms with Crippen LogP contribution >= 0.6 is 0 Å². The van der Waals surface area contributed by atoms with Crippen LogP contribution in [0.3, 0.4) is 0 Å². The monoisotopic (exact) mass is 431 g/mol. The van der Waals surface area contributed by atoms with Gasteiger partial charge in [-0.05, 0) is 54.8 Å². The van der Waals surface area contributed by atoms with E-state index in [1.807, 2.05) is 41.1 Å². The lowest BCUT2D eigenvalue weighted by molar-refractivity contribution is 0.624. The first-order valence-corrected chi connectivity index (χ1v) is 10.6. The summed E-state index contributed by atoms with van der Waals surface area (Å²) in [6, 6.07) is 15.4. The maximum atomic E-state index is 15.0. The van der Waals surface area contributed by atoms with Crippen molar-refractivity contribution >= 4 is 17.2 Å². The average molecular weight is 431 g/mol. The van der Waals surface area contributed by atoms with Gasteiger partial charge in [0.15, 0.2) is 5.65 Å². The van der Waals surface area contributed by atoms with Gasteiger partial charge in [0, 0.05) is 31.4 Å². The minimum absolute atomic E-state index is 0.265. The molecule has 5 nitrogen and oxygen atoms in total. The third-order valence-corrected chi connectivity index (χ3v) is 5.81. The highest BCUT2D eigenvalue weighted by Gasteiger charge is 2.20. The summed E-state index contributed by atoms with van der Waals surface area (Å²) in [6.45, 7) is 5.33. The van der Waals surface area contributed by atoms with E-state index in [-0.39, 0.29) is 11.6 Å². The van der Waals surface area contributed by atoms with E-state index < -0.39 is 0 Å². The van der Waals surface area contributed by atoms with Crippen molar-refractivity contribution in [1.29, 1.82) is 0 Å². The lowest BCUT2D eigenvalue weighted by Gasteiger charge is -2.20. The highest BCUT2D eigenvalue weighted by atomic mass is 19.1. The molecule has 0 bridgehead atoms. The number of benzene rings is 2. The summed E-state index contributed by atoms with van der Waals surface area (Å²) in [5.74, 6) is 0.144. The smallest absolute Gasteiger partial charge is 0.154 e. The Morgan fingerprint density at radius 1 is 1.09 bits per heavy atom. The molecule has 0 aliphatic carbocycles. The van der Waals surface area contributed by atoms with Gasteiger partial charge in [0.25, 0.3) is 0 Å². The molecule has 0 radical (unpaired) electrons.